The van der Waals surface area contributed by atoms with Crippen molar-refractivity contribution in [1.29, 1.82) is 0 Å². The Bertz CT molecular complexity index is 612. The second kappa shape index (κ2) is 7.46. The van der Waals surface area contributed by atoms with Crippen LogP contribution < -0.4 is 9.64 Å². The van der Waals surface area contributed by atoms with E-state index < -0.39 is 0 Å². The molecule has 25 heavy (non-hydrogen) atoms. The minimum atomic E-state index is -0.386. The molecule has 1 aromatic carbocycles. The largest absolute Gasteiger partial charge is 0.477 e. The lowest BCUT2D eigenvalue weighted by molar-refractivity contribution is -0.140. The van der Waals surface area contributed by atoms with Gasteiger partial charge in [-0.3, -0.25) is 9.69 Å². The van der Waals surface area contributed by atoms with Crippen LogP contribution in [0.2, 0.25) is 0 Å². The summed E-state index contributed by atoms with van der Waals surface area (Å²) in [7, 11) is 2.03. The van der Waals surface area contributed by atoms with Crippen LogP contribution in [0.25, 0.3) is 0 Å². The summed E-state index contributed by atoms with van der Waals surface area (Å²) in [5.74, 6) is 3.46. The second-order valence-corrected chi connectivity index (χ2v) is 8.38. The van der Waals surface area contributed by atoms with Crippen LogP contribution in [0.5, 0.6) is 5.75 Å². The van der Waals surface area contributed by atoms with Gasteiger partial charge in [0.1, 0.15) is 5.75 Å². The molecular weight excluding hydrogens is 334 g/mol. The average Bonchev–Trinajstić information content (AvgIpc) is 2.68. The average molecular weight is 362 g/mol. The number of thioether (sulfide) groups is 1. The number of piperidine rings is 1. The highest BCUT2D eigenvalue weighted by atomic mass is 32.2. The van der Waals surface area contributed by atoms with Gasteiger partial charge < -0.3 is 14.5 Å². The van der Waals surface area contributed by atoms with Crippen LogP contribution in [0.3, 0.4) is 0 Å². The number of para-hydroxylation sites is 2. The molecule has 0 spiro atoms. The summed E-state index contributed by atoms with van der Waals surface area (Å²) in [5, 5.41) is 0. The summed E-state index contributed by atoms with van der Waals surface area (Å²) in [6.45, 7) is 4.75. The van der Waals surface area contributed by atoms with Crippen molar-refractivity contribution in [2.24, 2.45) is 0 Å². The zero-order valence-corrected chi connectivity index (χ0v) is 15.7. The quantitative estimate of drug-likeness (QED) is 0.804. The fourth-order valence-electron chi connectivity index (χ4n) is 4.14. The van der Waals surface area contributed by atoms with Gasteiger partial charge in [0.25, 0.3) is 5.91 Å². The van der Waals surface area contributed by atoms with Gasteiger partial charge in [0.15, 0.2) is 6.10 Å². The van der Waals surface area contributed by atoms with Gasteiger partial charge in [0, 0.05) is 50.8 Å². The van der Waals surface area contributed by atoms with Crippen molar-refractivity contribution >= 4 is 23.4 Å². The van der Waals surface area contributed by atoms with Crippen LogP contribution in [0, 0.1) is 0 Å². The van der Waals surface area contributed by atoms with Crippen molar-refractivity contribution < 1.29 is 9.53 Å². The molecule has 2 fully saturated rings. The number of hydrogen-bond acceptors (Lipinski definition) is 5. The highest BCUT2D eigenvalue weighted by molar-refractivity contribution is 7.99. The van der Waals surface area contributed by atoms with Crippen LogP contribution >= 0.6 is 11.8 Å². The van der Waals surface area contributed by atoms with Crippen molar-refractivity contribution in [3.63, 3.8) is 0 Å². The Morgan fingerprint density at radius 2 is 1.84 bits per heavy atom. The fraction of sp³-hybridized carbons (Fsp3) is 0.632. The van der Waals surface area contributed by atoms with Gasteiger partial charge in [-0.25, -0.2) is 0 Å². The molecule has 3 aliphatic rings. The lowest BCUT2D eigenvalue weighted by Crippen LogP contribution is -2.54. The van der Waals surface area contributed by atoms with Crippen LogP contribution in [-0.4, -0.2) is 79.1 Å². The summed E-state index contributed by atoms with van der Waals surface area (Å²) < 4.78 is 6.01. The third kappa shape index (κ3) is 3.60. The number of nitrogens with zero attached hydrogens (tertiary/aromatic N) is 3. The SMILES string of the molecule is CN1C[C@@H](C(=O)N2CCC(N3CCSCC3)CC2)Oc2ccccc21. The summed E-state index contributed by atoms with van der Waals surface area (Å²) in [6.07, 6.45) is 1.80. The molecular formula is C19H27N3O2S. The maximum atomic E-state index is 12.9. The van der Waals surface area contributed by atoms with Crippen LogP contribution in [-0.2, 0) is 4.79 Å². The summed E-state index contributed by atoms with van der Waals surface area (Å²) in [4.78, 5) is 19.7. The number of fused-ring (bicyclic) bond motifs is 1. The predicted molar refractivity (Wildman–Crippen MR) is 103 cm³/mol. The molecule has 0 aromatic heterocycles. The van der Waals surface area contributed by atoms with Gasteiger partial charge in [-0.2, -0.15) is 11.8 Å². The highest BCUT2D eigenvalue weighted by Gasteiger charge is 2.34. The molecule has 0 radical (unpaired) electrons. The molecule has 0 unspecified atom stereocenters. The topological polar surface area (TPSA) is 36.0 Å². The van der Waals surface area contributed by atoms with E-state index in [0.29, 0.717) is 12.6 Å². The Balaban J connectivity index is 1.35. The number of amides is 1. The van der Waals surface area contributed by atoms with E-state index in [4.69, 9.17) is 4.74 Å². The summed E-state index contributed by atoms with van der Waals surface area (Å²) in [6, 6.07) is 8.61. The van der Waals surface area contributed by atoms with Crippen LogP contribution in [0.1, 0.15) is 12.8 Å². The molecule has 1 amide bonds. The Morgan fingerprint density at radius 3 is 2.60 bits per heavy atom. The first kappa shape index (κ1) is 17.0. The smallest absolute Gasteiger partial charge is 0.265 e. The Labute approximate surface area is 154 Å². The third-order valence-electron chi connectivity index (χ3n) is 5.60. The predicted octanol–water partition coefficient (Wildman–Crippen LogP) is 1.92. The molecule has 0 bridgehead atoms. The first-order chi connectivity index (χ1) is 12.2. The van der Waals surface area contributed by atoms with Crippen molar-refractivity contribution in [2.45, 2.75) is 25.0 Å². The number of hydrogen-bond donors (Lipinski definition) is 0. The maximum Gasteiger partial charge on any atom is 0.265 e. The number of benzene rings is 1. The number of ether oxygens (including phenoxy) is 1. The number of carbonyl (C=O) groups is 1. The van der Waals surface area contributed by atoms with Gasteiger partial charge in [-0.05, 0) is 25.0 Å². The molecule has 4 rings (SSSR count). The minimum absolute atomic E-state index is 0.147. The zero-order valence-electron chi connectivity index (χ0n) is 14.9. The normalized spacial score (nSPS) is 25.4. The van der Waals surface area contributed by atoms with Crippen LogP contribution in [0.4, 0.5) is 5.69 Å². The molecule has 5 nitrogen and oxygen atoms in total. The molecule has 0 saturated carbocycles. The Morgan fingerprint density at radius 1 is 1.12 bits per heavy atom. The zero-order chi connectivity index (χ0) is 17.2. The Kier molecular flexibility index (Phi) is 5.08. The van der Waals surface area contributed by atoms with Gasteiger partial charge in [-0.1, -0.05) is 12.1 Å². The fourth-order valence-corrected chi connectivity index (χ4v) is 5.07. The molecule has 3 aliphatic heterocycles. The molecule has 3 heterocycles. The highest BCUT2D eigenvalue weighted by Crippen LogP contribution is 2.32. The third-order valence-corrected chi connectivity index (χ3v) is 6.54. The molecule has 2 saturated heterocycles. The number of likely N-dealkylation sites (tertiary alicyclic amines) is 1. The summed E-state index contributed by atoms with van der Waals surface area (Å²) in [5.41, 5.74) is 1.06. The van der Waals surface area contributed by atoms with E-state index >= 15 is 0 Å². The maximum absolute atomic E-state index is 12.9. The van der Waals surface area contributed by atoms with Gasteiger partial charge in [-0.15, -0.1) is 0 Å². The molecule has 136 valence electrons. The number of anilines is 1. The number of carbonyl (C=O) groups excluding carboxylic acids is 1. The minimum Gasteiger partial charge on any atom is -0.477 e. The molecule has 6 heteroatoms. The van der Waals surface area contributed by atoms with Gasteiger partial charge in [0.2, 0.25) is 0 Å². The lowest BCUT2D eigenvalue weighted by atomic mass is 10.0. The summed E-state index contributed by atoms with van der Waals surface area (Å²) >= 11 is 2.05. The van der Waals surface area contributed by atoms with Crippen molar-refractivity contribution in [3.8, 4) is 5.75 Å². The first-order valence-corrected chi connectivity index (χ1v) is 10.5. The number of rotatable bonds is 2. The second-order valence-electron chi connectivity index (χ2n) is 7.16. The Hall–Kier alpha value is -1.40. The van der Waals surface area contributed by atoms with E-state index in [0.717, 1.165) is 37.4 Å². The standard InChI is InChI=1S/C19H27N3O2S/c1-20-14-18(24-17-5-3-2-4-16(17)20)19(23)22-8-6-15(7-9-22)21-10-12-25-13-11-21/h2-5,15,18H,6-14H2,1H3/t18-/m0/s1. The molecule has 1 atom stereocenters. The van der Waals surface area contributed by atoms with Crippen molar-refractivity contribution in [3.05, 3.63) is 24.3 Å². The van der Waals surface area contributed by atoms with E-state index in [-0.39, 0.29) is 12.0 Å². The van der Waals surface area contributed by atoms with E-state index in [1.54, 1.807) is 0 Å². The van der Waals surface area contributed by atoms with Gasteiger partial charge in [0.05, 0.1) is 12.2 Å². The monoisotopic (exact) mass is 361 g/mol. The van der Waals surface area contributed by atoms with Gasteiger partial charge >= 0.3 is 0 Å². The van der Waals surface area contributed by atoms with Crippen LogP contribution in [0.15, 0.2) is 24.3 Å². The van der Waals surface area contributed by atoms with E-state index in [2.05, 4.69) is 21.6 Å². The van der Waals surface area contributed by atoms with E-state index in [1.165, 1.54) is 24.6 Å². The van der Waals surface area contributed by atoms with Crippen molar-refractivity contribution in [2.75, 3.05) is 56.2 Å². The molecule has 0 N–H and O–H groups in total. The van der Waals surface area contributed by atoms with E-state index in [9.17, 15) is 4.79 Å². The molecule has 1 aromatic rings. The number of likely N-dealkylation sites (N-methyl/N-ethyl adjacent to an activating group) is 1. The van der Waals surface area contributed by atoms with Crippen molar-refractivity contribution in [1.82, 2.24) is 9.80 Å². The molecule has 0 aliphatic carbocycles. The first-order valence-electron chi connectivity index (χ1n) is 9.30. The van der Waals surface area contributed by atoms with E-state index in [1.807, 2.05) is 36.2 Å². The lowest BCUT2D eigenvalue weighted by Gasteiger charge is -2.41.